The number of rotatable bonds is 6. The average molecular weight is 238 g/mol. The van der Waals surface area contributed by atoms with Gasteiger partial charge in [0.25, 0.3) is 0 Å². The number of carbonyl (C=O) groups excluding carboxylic acids is 1. The molecule has 0 fully saturated rings. The number of amides is 1. The smallest absolute Gasteiger partial charge is 0.233 e. The number of carbonyl (C=O) groups is 1. The summed E-state index contributed by atoms with van der Waals surface area (Å²) in [6, 6.07) is 5.26. The largest absolute Gasteiger partial charge is 0.504 e. The molecule has 0 heterocycles. The number of benzene rings is 1. The number of nitrogens with one attached hydrogen (secondary N) is 2. The normalized spacial score (nSPS) is 10.0. The van der Waals surface area contributed by atoms with Gasteiger partial charge in [-0.25, -0.2) is 0 Å². The van der Waals surface area contributed by atoms with E-state index in [0.717, 1.165) is 0 Å². The molecule has 0 aliphatic heterocycles. The van der Waals surface area contributed by atoms with E-state index in [-0.39, 0.29) is 18.2 Å². The summed E-state index contributed by atoms with van der Waals surface area (Å²) in [6.45, 7) is 3.13. The van der Waals surface area contributed by atoms with Crippen LogP contribution in [0.25, 0.3) is 0 Å². The Kier molecular flexibility index (Phi) is 5.29. The Morgan fingerprint density at radius 3 is 2.88 bits per heavy atom. The van der Waals surface area contributed by atoms with Crippen molar-refractivity contribution in [1.82, 2.24) is 10.6 Å². The molecular formula is C12H18N2O3. The molecule has 0 aliphatic carbocycles. The molecule has 0 saturated carbocycles. The van der Waals surface area contributed by atoms with E-state index in [1.165, 1.54) is 7.11 Å². The maximum atomic E-state index is 11.2. The lowest BCUT2D eigenvalue weighted by atomic mass is 10.2. The third kappa shape index (κ3) is 3.96. The molecule has 17 heavy (non-hydrogen) atoms. The quantitative estimate of drug-likeness (QED) is 0.679. The van der Waals surface area contributed by atoms with E-state index in [2.05, 4.69) is 10.6 Å². The van der Waals surface area contributed by atoms with E-state index in [9.17, 15) is 9.90 Å². The standard InChI is InChI=1S/C12H18N2O3/c1-3-14-11(15)8-13-7-9-5-4-6-10(17-2)12(9)16/h4-6,13,16H,3,7-8H2,1-2H3,(H,14,15). The molecule has 0 saturated heterocycles. The molecule has 0 radical (unpaired) electrons. The zero-order valence-electron chi connectivity index (χ0n) is 10.1. The Morgan fingerprint density at radius 1 is 1.47 bits per heavy atom. The van der Waals surface area contributed by atoms with Crippen LogP contribution in [0.3, 0.4) is 0 Å². The van der Waals surface area contributed by atoms with Crippen LogP contribution < -0.4 is 15.4 Å². The maximum Gasteiger partial charge on any atom is 0.233 e. The molecule has 1 rings (SSSR count). The molecule has 0 aliphatic rings. The van der Waals surface area contributed by atoms with Gasteiger partial charge >= 0.3 is 0 Å². The topological polar surface area (TPSA) is 70.6 Å². The first-order chi connectivity index (χ1) is 8.19. The molecule has 5 nitrogen and oxygen atoms in total. The zero-order valence-corrected chi connectivity index (χ0v) is 10.1. The van der Waals surface area contributed by atoms with Gasteiger partial charge in [0.2, 0.25) is 5.91 Å². The SMILES string of the molecule is CCNC(=O)CNCc1cccc(OC)c1O. The molecule has 1 amide bonds. The third-order valence-electron chi connectivity index (χ3n) is 2.28. The Labute approximate surface area is 101 Å². The molecule has 1 aromatic rings. The van der Waals surface area contributed by atoms with Gasteiger partial charge in [-0.2, -0.15) is 0 Å². The third-order valence-corrected chi connectivity index (χ3v) is 2.28. The summed E-state index contributed by atoms with van der Waals surface area (Å²) in [5.41, 5.74) is 0.702. The van der Waals surface area contributed by atoms with E-state index in [4.69, 9.17) is 4.74 Å². The van der Waals surface area contributed by atoms with Gasteiger partial charge < -0.3 is 20.5 Å². The zero-order chi connectivity index (χ0) is 12.7. The van der Waals surface area contributed by atoms with Crippen molar-refractivity contribution < 1.29 is 14.6 Å². The summed E-state index contributed by atoms with van der Waals surface area (Å²) in [5, 5.41) is 15.4. The van der Waals surface area contributed by atoms with Gasteiger partial charge in [-0.3, -0.25) is 4.79 Å². The van der Waals surface area contributed by atoms with Crippen LogP contribution in [-0.2, 0) is 11.3 Å². The summed E-state index contributed by atoms with van der Waals surface area (Å²) >= 11 is 0. The molecular weight excluding hydrogens is 220 g/mol. The second-order valence-corrected chi connectivity index (χ2v) is 3.53. The van der Waals surface area contributed by atoms with Crippen molar-refractivity contribution in [2.24, 2.45) is 0 Å². The highest BCUT2D eigenvalue weighted by molar-refractivity contribution is 5.77. The average Bonchev–Trinajstić information content (AvgIpc) is 2.32. The van der Waals surface area contributed by atoms with Crippen molar-refractivity contribution in [3.05, 3.63) is 23.8 Å². The summed E-state index contributed by atoms with van der Waals surface area (Å²) in [4.78, 5) is 11.2. The highest BCUT2D eigenvalue weighted by atomic mass is 16.5. The van der Waals surface area contributed by atoms with Crippen LogP contribution in [0.4, 0.5) is 0 Å². The summed E-state index contributed by atoms with van der Waals surface area (Å²) in [5.74, 6) is 0.482. The molecule has 5 heteroatoms. The van der Waals surface area contributed by atoms with Gasteiger partial charge in [0.15, 0.2) is 11.5 Å². The molecule has 3 N–H and O–H groups in total. The second kappa shape index (κ2) is 6.75. The number of phenols is 1. The lowest BCUT2D eigenvalue weighted by molar-refractivity contribution is -0.120. The van der Waals surface area contributed by atoms with Gasteiger partial charge in [-0.15, -0.1) is 0 Å². The van der Waals surface area contributed by atoms with Crippen molar-refractivity contribution in [2.75, 3.05) is 20.2 Å². The number of ether oxygens (including phenoxy) is 1. The van der Waals surface area contributed by atoms with E-state index >= 15 is 0 Å². The molecule has 0 spiro atoms. The molecule has 0 aromatic heterocycles. The summed E-state index contributed by atoms with van der Waals surface area (Å²) in [7, 11) is 1.50. The minimum Gasteiger partial charge on any atom is -0.504 e. The lowest BCUT2D eigenvalue weighted by Crippen LogP contribution is -2.33. The van der Waals surface area contributed by atoms with Crippen molar-refractivity contribution in [1.29, 1.82) is 0 Å². The fraction of sp³-hybridized carbons (Fsp3) is 0.417. The molecule has 94 valence electrons. The summed E-state index contributed by atoms with van der Waals surface area (Å²) in [6.07, 6.45) is 0. The van der Waals surface area contributed by atoms with Crippen molar-refractivity contribution >= 4 is 5.91 Å². The highest BCUT2D eigenvalue weighted by Crippen LogP contribution is 2.28. The molecule has 0 bridgehead atoms. The minimum atomic E-state index is -0.0603. The molecule has 1 aromatic carbocycles. The molecule has 0 unspecified atom stereocenters. The van der Waals surface area contributed by atoms with Crippen LogP contribution in [-0.4, -0.2) is 31.2 Å². The predicted molar refractivity (Wildman–Crippen MR) is 65.0 cm³/mol. The maximum absolute atomic E-state index is 11.2. The van der Waals surface area contributed by atoms with Crippen LogP contribution in [0.5, 0.6) is 11.5 Å². The van der Waals surface area contributed by atoms with Crippen molar-refractivity contribution in [3.8, 4) is 11.5 Å². The monoisotopic (exact) mass is 238 g/mol. The number of aromatic hydroxyl groups is 1. The fourth-order valence-electron chi connectivity index (χ4n) is 1.45. The Hall–Kier alpha value is -1.75. The first kappa shape index (κ1) is 13.3. The van der Waals surface area contributed by atoms with Gasteiger partial charge in [-0.05, 0) is 13.0 Å². The Balaban J connectivity index is 2.49. The van der Waals surface area contributed by atoms with E-state index in [1.54, 1.807) is 18.2 Å². The van der Waals surface area contributed by atoms with Crippen molar-refractivity contribution in [3.63, 3.8) is 0 Å². The molecule has 0 atom stereocenters. The summed E-state index contributed by atoms with van der Waals surface area (Å²) < 4.78 is 4.99. The van der Waals surface area contributed by atoms with Gasteiger partial charge in [0.05, 0.1) is 13.7 Å². The fourth-order valence-corrected chi connectivity index (χ4v) is 1.45. The van der Waals surface area contributed by atoms with Crippen LogP contribution >= 0.6 is 0 Å². The van der Waals surface area contributed by atoms with E-state index in [0.29, 0.717) is 24.4 Å². The number of hydrogen-bond donors (Lipinski definition) is 3. The first-order valence-electron chi connectivity index (χ1n) is 5.51. The van der Waals surface area contributed by atoms with Crippen LogP contribution in [0.1, 0.15) is 12.5 Å². The minimum absolute atomic E-state index is 0.0603. The van der Waals surface area contributed by atoms with Crippen LogP contribution in [0.2, 0.25) is 0 Å². The van der Waals surface area contributed by atoms with Crippen LogP contribution in [0, 0.1) is 0 Å². The van der Waals surface area contributed by atoms with Gasteiger partial charge in [0.1, 0.15) is 0 Å². The van der Waals surface area contributed by atoms with Gasteiger partial charge in [-0.1, -0.05) is 12.1 Å². The van der Waals surface area contributed by atoms with Crippen molar-refractivity contribution in [2.45, 2.75) is 13.5 Å². The first-order valence-corrected chi connectivity index (χ1v) is 5.51. The van der Waals surface area contributed by atoms with E-state index in [1.807, 2.05) is 6.92 Å². The predicted octanol–water partition coefficient (Wildman–Crippen LogP) is 0.626. The highest BCUT2D eigenvalue weighted by Gasteiger charge is 2.07. The lowest BCUT2D eigenvalue weighted by Gasteiger charge is -2.09. The Bertz CT molecular complexity index is 380. The number of hydrogen-bond acceptors (Lipinski definition) is 4. The van der Waals surface area contributed by atoms with E-state index < -0.39 is 0 Å². The van der Waals surface area contributed by atoms with Crippen LogP contribution in [0.15, 0.2) is 18.2 Å². The number of methoxy groups -OCH3 is 1. The number of phenolic OH excluding ortho intramolecular Hbond substituents is 1. The Morgan fingerprint density at radius 2 is 2.24 bits per heavy atom. The number of para-hydroxylation sites is 1. The second-order valence-electron chi connectivity index (χ2n) is 3.53. The van der Waals surface area contributed by atoms with Gasteiger partial charge in [0, 0.05) is 18.7 Å². The number of likely N-dealkylation sites (N-methyl/N-ethyl adjacent to an activating group) is 1.